The number of urea groups is 1. The van der Waals surface area contributed by atoms with E-state index in [9.17, 15) is 9.90 Å². The summed E-state index contributed by atoms with van der Waals surface area (Å²) < 4.78 is 7.08. The molecular formula is C16H22N4O3. The fraction of sp³-hybridized carbons (Fsp3) is 0.375. The SMILES string of the molecule is COc1ccccc1[C@@H](O)CNC(=O)N[C@H](C)Cn1ccnc1. The third-order valence-corrected chi connectivity index (χ3v) is 3.38. The summed E-state index contributed by atoms with van der Waals surface area (Å²) in [4.78, 5) is 15.8. The maximum absolute atomic E-state index is 11.9. The van der Waals surface area contributed by atoms with Crippen LogP contribution in [-0.2, 0) is 6.54 Å². The van der Waals surface area contributed by atoms with E-state index in [-0.39, 0.29) is 18.6 Å². The Morgan fingerprint density at radius 3 is 2.91 bits per heavy atom. The number of carbonyl (C=O) groups is 1. The van der Waals surface area contributed by atoms with Crippen molar-refractivity contribution in [3.63, 3.8) is 0 Å². The van der Waals surface area contributed by atoms with Gasteiger partial charge in [-0.2, -0.15) is 0 Å². The van der Waals surface area contributed by atoms with Crippen molar-refractivity contribution in [2.45, 2.75) is 25.6 Å². The Morgan fingerprint density at radius 1 is 1.43 bits per heavy atom. The van der Waals surface area contributed by atoms with E-state index in [4.69, 9.17) is 4.74 Å². The van der Waals surface area contributed by atoms with Crippen LogP contribution in [0.3, 0.4) is 0 Å². The predicted molar refractivity (Wildman–Crippen MR) is 86.2 cm³/mol. The molecule has 2 rings (SSSR count). The molecule has 2 atom stereocenters. The van der Waals surface area contributed by atoms with Gasteiger partial charge < -0.3 is 25.0 Å². The van der Waals surface area contributed by atoms with Gasteiger partial charge in [0.05, 0.1) is 19.5 Å². The number of aliphatic hydroxyl groups excluding tert-OH is 1. The molecule has 0 bridgehead atoms. The molecule has 2 aromatic rings. The van der Waals surface area contributed by atoms with Crippen LogP contribution in [0.4, 0.5) is 4.79 Å². The summed E-state index contributed by atoms with van der Waals surface area (Å²) in [5.74, 6) is 0.593. The number of aliphatic hydroxyl groups is 1. The van der Waals surface area contributed by atoms with Gasteiger partial charge in [0.25, 0.3) is 0 Å². The third-order valence-electron chi connectivity index (χ3n) is 3.38. The summed E-state index contributed by atoms with van der Waals surface area (Å²) >= 11 is 0. The number of hydrogen-bond donors (Lipinski definition) is 3. The average molecular weight is 318 g/mol. The molecule has 1 aromatic carbocycles. The van der Waals surface area contributed by atoms with E-state index >= 15 is 0 Å². The zero-order valence-electron chi connectivity index (χ0n) is 13.3. The molecule has 0 fully saturated rings. The molecule has 1 heterocycles. The molecule has 0 unspecified atom stereocenters. The Hall–Kier alpha value is -2.54. The van der Waals surface area contributed by atoms with Crippen LogP contribution in [0, 0.1) is 0 Å². The van der Waals surface area contributed by atoms with Crippen LogP contribution in [0.1, 0.15) is 18.6 Å². The molecule has 0 saturated heterocycles. The molecular weight excluding hydrogens is 296 g/mol. The summed E-state index contributed by atoms with van der Waals surface area (Å²) in [7, 11) is 1.55. The Balaban J connectivity index is 1.79. The minimum absolute atomic E-state index is 0.0624. The van der Waals surface area contributed by atoms with E-state index in [1.165, 1.54) is 0 Å². The summed E-state index contributed by atoms with van der Waals surface area (Å²) in [6.07, 6.45) is 4.39. The second kappa shape index (κ2) is 8.19. The molecule has 23 heavy (non-hydrogen) atoms. The third kappa shape index (κ3) is 5.00. The maximum Gasteiger partial charge on any atom is 0.315 e. The second-order valence-electron chi connectivity index (χ2n) is 5.27. The van der Waals surface area contributed by atoms with Gasteiger partial charge in [-0.25, -0.2) is 9.78 Å². The molecule has 2 amide bonds. The van der Waals surface area contributed by atoms with Crippen LogP contribution in [0.15, 0.2) is 43.0 Å². The lowest BCUT2D eigenvalue weighted by Crippen LogP contribution is -2.43. The maximum atomic E-state index is 11.9. The molecule has 0 aliphatic carbocycles. The number of nitrogens with one attached hydrogen (secondary N) is 2. The molecule has 3 N–H and O–H groups in total. The van der Waals surface area contributed by atoms with Gasteiger partial charge in [0.15, 0.2) is 0 Å². The first kappa shape index (κ1) is 16.8. The Bertz CT molecular complexity index is 616. The number of nitrogens with zero attached hydrogens (tertiary/aromatic N) is 2. The Kier molecular flexibility index (Phi) is 5.99. The number of carbonyl (C=O) groups excluding carboxylic acids is 1. The monoisotopic (exact) mass is 318 g/mol. The van der Waals surface area contributed by atoms with E-state index in [1.807, 2.05) is 29.8 Å². The highest BCUT2D eigenvalue weighted by Gasteiger charge is 2.14. The molecule has 0 saturated carbocycles. The van der Waals surface area contributed by atoms with Crippen molar-refractivity contribution >= 4 is 6.03 Å². The van der Waals surface area contributed by atoms with Gasteiger partial charge in [0.2, 0.25) is 0 Å². The smallest absolute Gasteiger partial charge is 0.315 e. The average Bonchev–Trinajstić information content (AvgIpc) is 3.05. The minimum Gasteiger partial charge on any atom is -0.496 e. The van der Waals surface area contributed by atoms with Crippen molar-refractivity contribution in [3.8, 4) is 5.75 Å². The first-order valence-electron chi connectivity index (χ1n) is 7.41. The fourth-order valence-corrected chi connectivity index (χ4v) is 2.27. The number of amides is 2. The number of aromatic nitrogens is 2. The summed E-state index contributed by atoms with van der Waals surface area (Å²) in [5, 5.41) is 15.7. The topological polar surface area (TPSA) is 88.4 Å². The van der Waals surface area contributed by atoms with E-state index in [0.29, 0.717) is 17.9 Å². The minimum atomic E-state index is -0.833. The molecule has 0 radical (unpaired) electrons. The van der Waals surface area contributed by atoms with Gasteiger partial charge in [0, 0.05) is 37.1 Å². The van der Waals surface area contributed by atoms with Gasteiger partial charge in [-0.3, -0.25) is 0 Å². The Labute approximate surface area is 135 Å². The first-order valence-corrected chi connectivity index (χ1v) is 7.41. The van der Waals surface area contributed by atoms with Crippen LogP contribution in [0.25, 0.3) is 0 Å². The molecule has 7 nitrogen and oxygen atoms in total. The largest absolute Gasteiger partial charge is 0.496 e. The second-order valence-corrected chi connectivity index (χ2v) is 5.27. The fourth-order valence-electron chi connectivity index (χ4n) is 2.27. The van der Waals surface area contributed by atoms with Gasteiger partial charge in [-0.1, -0.05) is 18.2 Å². The van der Waals surface area contributed by atoms with Crippen molar-refractivity contribution in [1.82, 2.24) is 20.2 Å². The van der Waals surface area contributed by atoms with Crippen LogP contribution in [0.5, 0.6) is 5.75 Å². The molecule has 1 aromatic heterocycles. The molecule has 0 spiro atoms. The summed E-state index contributed by atoms with van der Waals surface area (Å²) in [6.45, 7) is 2.63. The lowest BCUT2D eigenvalue weighted by Gasteiger charge is -2.18. The highest BCUT2D eigenvalue weighted by molar-refractivity contribution is 5.74. The van der Waals surface area contributed by atoms with Gasteiger partial charge in [-0.05, 0) is 13.0 Å². The highest BCUT2D eigenvalue weighted by atomic mass is 16.5. The van der Waals surface area contributed by atoms with Gasteiger partial charge >= 0.3 is 6.03 Å². The number of ether oxygens (including phenoxy) is 1. The van der Waals surface area contributed by atoms with Crippen molar-refractivity contribution < 1.29 is 14.6 Å². The number of methoxy groups -OCH3 is 1. The zero-order valence-corrected chi connectivity index (χ0v) is 13.3. The standard InChI is InChI=1S/C16H22N4O3/c1-12(10-20-8-7-17-11-20)19-16(22)18-9-14(21)13-5-3-4-6-15(13)23-2/h3-8,11-12,14,21H,9-10H2,1-2H3,(H2,18,19,22)/t12-,14+/m1/s1. The normalized spacial score (nSPS) is 13.2. The number of imidazole rings is 1. The highest BCUT2D eigenvalue weighted by Crippen LogP contribution is 2.23. The van der Waals surface area contributed by atoms with Crippen LogP contribution >= 0.6 is 0 Å². The summed E-state index contributed by atoms with van der Waals surface area (Å²) in [5.41, 5.74) is 0.641. The number of rotatable bonds is 7. The Morgan fingerprint density at radius 2 is 2.22 bits per heavy atom. The zero-order chi connectivity index (χ0) is 16.7. The van der Waals surface area contributed by atoms with Crippen molar-refractivity contribution in [1.29, 1.82) is 0 Å². The lowest BCUT2D eigenvalue weighted by molar-refractivity contribution is 0.168. The molecule has 0 aliphatic rings. The van der Waals surface area contributed by atoms with E-state index in [2.05, 4.69) is 15.6 Å². The lowest BCUT2D eigenvalue weighted by atomic mass is 10.1. The predicted octanol–water partition coefficient (Wildman–Crippen LogP) is 1.31. The van der Waals surface area contributed by atoms with Crippen molar-refractivity contribution in [2.75, 3.05) is 13.7 Å². The molecule has 7 heteroatoms. The van der Waals surface area contributed by atoms with Crippen molar-refractivity contribution in [3.05, 3.63) is 48.5 Å². The number of benzene rings is 1. The summed E-state index contributed by atoms with van der Waals surface area (Å²) in [6, 6.07) is 6.79. The van der Waals surface area contributed by atoms with Crippen LogP contribution < -0.4 is 15.4 Å². The van der Waals surface area contributed by atoms with Crippen LogP contribution in [-0.4, -0.2) is 40.4 Å². The van der Waals surface area contributed by atoms with E-state index in [1.54, 1.807) is 31.8 Å². The van der Waals surface area contributed by atoms with Gasteiger partial charge in [0.1, 0.15) is 5.75 Å². The molecule has 0 aliphatic heterocycles. The first-order chi connectivity index (χ1) is 11.1. The van der Waals surface area contributed by atoms with E-state index in [0.717, 1.165) is 0 Å². The number of para-hydroxylation sites is 1. The van der Waals surface area contributed by atoms with Gasteiger partial charge in [-0.15, -0.1) is 0 Å². The molecule has 124 valence electrons. The van der Waals surface area contributed by atoms with Crippen LogP contribution in [0.2, 0.25) is 0 Å². The van der Waals surface area contributed by atoms with E-state index < -0.39 is 6.10 Å². The van der Waals surface area contributed by atoms with Crippen molar-refractivity contribution in [2.24, 2.45) is 0 Å². The number of hydrogen-bond acceptors (Lipinski definition) is 4. The quantitative estimate of drug-likeness (QED) is 0.718.